The van der Waals surface area contributed by atoms with Crippen LogP contribution in [0.25, 0.3) is 0 Å². The van der Waals surface area contributed by atoms with Crippen LogP contribution >= 0.6 is 15.9 Å². The molecule has 1 aromatic rings. The van der Waals surface area contributed by atoms with Gasteiger partial charge in [0.1, 0.15) is 0 Å². The summed E-state index contributed by atoms with van der Waals surface area (Å²) in [5.41, 5.74) is 1.74. The van der Waals surface area contributed by atoms with Gasteiger partial charge in [-0.25, -0.2) is 4.79 Å². The summed E-state index contributed by atoms with van der Waals surface area (Å²) in [4.78, 5) is 22.5. The van der Waals surface area contributed by atoms with Gasteiger partial charge in [-0.1, -0.05) is 6.07 Å². The molecule has 0 saturated heterocycles. The van der Waals surface area contributed by atoms with E-state index in [-0.39, 0.29) is 12.5 Å². The molecule has 0 spiro atoms. The number of amides is 1. The van der Waals surface area contributed by atoms with Crippen molar-refractivity contribution in [1.29, 1.82) is 0 Å². The quantitative estimate of drug-likeness (QED) is 0.687. The largest absolute Gasteiger partial charge is 0.463 e. The number of rotatable bonds is 4. The molecule has 0 aliphatic carbocycles. The molecule has 1 N–H and O–H groups in total. The Balaban J connectivity index is 2.62. The molecule has 4 nitrogen and oxygen atoms in total. The highest BCUT2D eigenvalue weighted by atomic mass is 79.9. The normalized spacial score (nSPS) is 10.4. The van der Waals surface area contributed by atoms with Gasteiger partial charge in [0.25, 0.3) is 0 Å². The minimum atomic E-state index is -0.532. The highest BCUT2D eigenvalue weighted by Gasteiger charge is 2.03. The minimum Gasteiger partial charge on any atom is -0.463 e. The molecule has 0 saturated carbocycles. The number of nitrogens with one attached hydrogen (secondary N) is 1. The molecule has 0 aliphatic heterocycles. The van der Waals surface area contributed by atoms with Gasteiger partial charge < -0.3 is 10.1 Å². The third-order valence-corrected chi connectivity index (χ3v) is 2.70. The van der Waals surface area contributed by atoms with Crippen LogP contribution in [0.3, 0.4) is 0 Å². The zero-order chi connectivity index (χ0) is 13.5. The maximum atomic E-state index is 11.5. The molecule has 0 atom stereocenters. The lowest BCUT2D eigenvalue weighted by Crippen LogP contribution is -2.10. The van der Waals surface area contributed by atoms with Crippen molar-refractivity contribution in [2.24, 2.45) is 0 Å². The number of ether oxygens (including phenoxy) is 1. The number of anilines is 1. The standard InChI is InChI=1S/C13H14BrNO3/c1-3-18-13(17)7-6-12(16)15-11-5-4-9(2)8-10(11)14/h4-8H,3H2,1-2H3,(H,15,16)/b7-6+. The number of esters is 1. The predicted octanol–water partition coefficient (Wildman–Crippen LogP) is 2.82. The molecular weight excluding hydrogens is 298 g/mol. The van der Waals surface area contributed by atoms with E-state index in [9.17, 15) is 9.59 Å². The number of hydrogen-bond donors (Lipinski definition) is 1. The summed E-state index contributed by atoms with van der Waals surface area (Å²) in [6.07, 6.45) is 2.24. The Morgan fingerprint density at radius 2 is 2.11 bits per heavy atom. The van der Waals surface area contributed by atoms with Crippen molar-refractivity contribution in [3.05, 3.63) is 40.4 Å². The molecule has 96 valence electrons. The molecule has 1 rings (SSSR count). The van der Waals surface area contributed by atoms with Crippen molar-refractivity contribution in [2.75, 3.05) is 11.9 Å². The van der Waals surface area contributed by atoms with Gasteiger partial charge in [-0.2, -0.15) is 0 Å². The van der Waals surface area contributed by atoms with Crippen LogP contribution in [-0.4, -0.2) is 18.5 Å². The van der Waals surface area contributed by atoms with Crippen molar-refractivity contribution in [3.63, 3.8) is 0 Å². The maximum absolute atomic E-state index is 11.5. The van der Waals surface area contributed by atoms with Crippen LogP contribution < -0.4 is 5.32 Å². The topological polar surface area (TPSA) is 55.4 Å². The molecule has 1 aromatic carbocycles. The minimum absolute atomic E-state index is 0.286. The highest BCUT2D eigenvalue weighted by molar-refractivity contribution is 9.10. The fourth-order valence-corrected chi connectivity index (χ4v) is 1.82. The van der Waals surface area contributed by atoms with Gasteiger partial charge in [0.2, 0.25) is 5.91 Å². The predicted molar refractivity (Wildman–Crippen MR) is 73.3 cm³/mol. The molecule has 0 radical (unpaired) electrons. The van der Waals surface area contributed by atoms with Gasteiger partial charge in [0.15, 0.2) is 0 Å². The highest BCUT2D eigenvalue weighted by Crippen LogP contribution is 2.23. The molecule has 0 bridgehead atoms. The molecule has 1 amide bonds. The van der Waals surface area contributed by atoms with Crippen LogP contribution in [0.5, 0.6) is 0 Å². The van der Waals surface area contributed by atoms with Crippen LogP contribution in [0.15, 0.2) is 34.8 Å². The third-order valence-electron chi connectivity index (χ3n) is 2.04. The monoisotopic (exact) mass is 311 g/mol. The van der Waals surface area contributed by atoms with Crippen molar-refractivity contribution in [3.8, 4) is 0 Å². The molecule has 0 unspecified atom stereocenters. The number of aryl methyl sites for hydroxylation is 1. The Kier molecular flexibility index (Phi) is 5.58. The van der Waals surface area contributed by atoms with E-state index in [1.165, 1.54) is 0 Å². The smallest absolute Gasteiger partial charge is 0.330 e. The number of hydrogen-bond acceptors (Lipinski definition) is 3. The number of carbonyl (C=O) groups excluding carboxylic acids is 2. The summed E-state index contributed by atoms with van der Waals surface area (Å²) in [6, 6.07) is 5.57. The van der Waals surface area contributed by atoms with E-state index in [1.54, 1.807) is 13.0 Å². The summed E-state index contributed by atoms with van der Waals surface area (Å²) in [5, 5.41) is 2.65. The maximum Gasteiger partial charge on any atom is 0.330 e. The number of carbonyl (C=O) groups is 2. The average molecular weight is 312 g/mol. The number of benzene rings is 1. The molecule has 18 heavy (non-hydrogen) atoms. The summed E-state index contributed by atoms with van der Waals surface area (Å²) < 4.78 is 5.46. The Bertz CT molecular complexity index is 483. The van der Waals surface area contributed by atoms with Gasteiger partial charge in [-0.05, 0) is 47.5 Å². The molecule has 0 aliphatic rings. The van der Waals surface area contributed by atoms with Crippen LogP contribution in [0.1, 0.15) is 12.5 Å². The second-order valence-corrected chi connectivity index (χ2v) is 4.41. The average Bonchev–Trinajstić information content (AvgIpc) is 2.31. The van der Waals surface area contributed by atoms with Crippen LogP contribution in [0.4, 0.5) is 5.69 Å². The second-order valence-electron chi connectivity index (χ2n) is 3.56. The molecular formula is C13H14BrNO3. The first kappa shape index (κ1) is 14.4. The SMILES string of the molecule is CCOC(=O)/C=C/C(=O)Nc1ccc(C)cc1Br. The molecule has 5 heteroatoms. The van der Waals surface area contributed by atoms with E-state index < -0.39 is 5.97 Å². The summed E-state index contributed by atoms with van der Waals surface area (Å²) in [5.74, 6) is -0.914. The van der Waals surface area contributed by atoms with E-state index in [1.807, 2.05) is 19.1 Å². The Labute approximate surface area is 114 Å². The van der Waals surface area contributed by atoms with Crippen molar-refractivity contribution in [2.45, 2.75) is 13.8 Å². The van der Waals surface area contributed by atoms with E-state index in [4.69, 9.17) is 0 Å². The Hall–Kier alpha value is -1.62. The lowest BCUT2D eigenvalue weighted by molar-refractivity contribution is -0.137. The van der Waals surface area contributed by atoms with Crippen molar-refractivity contribution < 1.29 is 14.3 Å². The van der Waals surface area contributed by atoms with Crippen LogP contribution in [-0.2, 0) is 14.3 Å². The first-order valence-electron chi connectivity index (χ1n) is 5.45. The van der Waals surface area contributed by atoms with E-state index in [2.05, 4.69) is 26.0 Å². The van der Waals surface area contributed by atoms with Gasteiger partial charge in [-0.3, -0.25) is 4.79 Å². The number of halogens is 1. The van der Waals surface area contributed by atoms with Gasteiger partial charge >= 0.3 is 5.97 Å². The summed E-state index contributed by atoms with van der Waals surface area (Å²) >= 11 is 3.35. The molecule has 0 heterocycles. The molecule has 0 fully saturated rings. The fourth-order valence-electron chi connectivity index (χ4n) is 1.23. The summed E-state index contributed by atoms with van der Waals surface area (Å²) in [6.45, 7) is 3.94. The zero-order valence-electron chi connectivity index (χ0n) is 10.2. The lowest BCUT2D eigenvalue weighted by atomic mass is 10.2. The van der Waals surface area contributed by atoms with E-state index in [0.717, 1.165) is 22.2 Å². The van der Waals surface area contributed by atoms with Gasteiger partial charge in [0, 0.05) is 16.6 Å². The first-order valence-corrected chi connectivity index (χ1v) is 6.24. The third kappa shape index (κ3) is 4.71. The lowest BCUT2D eigenvalue weighted by Gasteiger charge is -2.05. The second kappa shape index (κ2) is 6.96. The van der Waals surface area contributed by atoms with Crippen molar-refractivity contribution in [1.82, 2.24) is 0 Å². The van der Waals surface area contributed by atoms with Crippen LogP contribution in [0, 0.1) is 6.92 Å². The first-order chi connectivity index (χ1) is 8.52. The fraction of sp³-hybridized carbons (Fsp3) is 0.231. The van der Waals surface area contributed by atoms with E-state index in [0.29, 0.717) is 5.69 Å². The van der Waals surface area contributed by atoms with E-state index >= 15 is 0 Å². The van der Waals surface area contributed by atoms with Gasteiger partial charge in [0.05, 0.1) is 12.3 Å². The summed E-state index contributed by atoms with van der Waals surface area (Å²) in [7, 11) is 0. The Morgan fingerprint density at radius 3 is 2.72 bits per heavy atom. The van der Waals surface area contributed by atoms with Crippen LogP contribution in [0.2, 0.25) is 0 Å². The van der Waals surface area contributed by atoms with Gasteiger partial charge in [-0.15, -0.1) is 0 Å². The Morgan fingerprint density at radius 1 is 1.39 bits per heavy atom. The van der Waals surface area contributed by atoms with Crippen molar-refractivity contribution >= 4 is 33.5 Å². The zero-order valence-corrected chi connectivity index (χ0v) is 11.8. The molecule has 0 aromatic heterocycles.